The maximum absolute atomic E-state index is 12.9. The number of rotatable bonds is 6. The zero-order chi connectivity index (χ0) is 17.1. The van der Waals surface area contributed by atoms with Gasteiger partial charge in [0.05, 0.1) is 5.56 Å². The van der Waals surface area contributed by atoms with Crippen molar-refractivity contribution in [3.8, 4) is 0 Å². The van der Waals surface area contributed by atoms with E-state index in [1.165, 1.54) is 12.8 Å². The van der Waals surface area contributed by atoms with Crippen molar-refractivity contribution in [2.45, 2.75) is 32.6 Å². The Morgan fingerprint density at radius 3 is 2.21 bits per heavy atom. The number of nitrogens with one attached hydrogen (secondary N) is 1. The number of hydrogen-bond donors (Lipinski definition) is 1. The molecular formula is C20H20BrNO2. The summed E-state index contributed by atoms with van der Waals surface area (Å²) in [5.74, 6) is -0.181. The molecule has 1 N–H and O–H groups in total. The molecule has 124 valence electrons. The van der Waals surface area contributed by atoms with Crippen LogP contribution < -0.4 is 5.32 Å². The van der Waals surface area contributed by atoms with E-state index in [0.29, 0.717) is 26.7 Å². The molecule has 0 fully saturated rings. The summed E-state index contributed by atoms with van der Waals surface area (Å²) in [6, 6.07) is 10.7. The van der Waals surface area contributed by atoms with E-state index >= 15 is 0 Å². The fraction of sp³-hybridized carbons (Fsp3) is 0.300. The Labute approximate surface area is 150 Å². The molecule has 1 aliphatic rings. The van der Waals surface area contributed by atoms with Gasteiger partial charge < -0.3 is 5.32 Å². The van der Waals surface area contributed by atoms with Gasteiger partial charge in [-0.25, -0.2) is 0 Å². The fourth-order valence-corrected chi connectivity index (χ4v) is 3.62. The van der Waals surface area contributed by atoms with Crippen LogP contribution in [0, 0.1) is 0 Å². The monoisotopic (exact) mass is 385 g/mol. The molecule has 0 amide bonds. The van der Waals surface area contributed by atoms with Crippen molar-refractivity contribution in [1.82, 2.24) is 0 Å². The molecule has 2 aromatic rings. The third-order valence-electron chi connectivity index (χ3n) is 4.37. The van der Waals surface area contributed by atoms with Gasteiger partial charge >= 0.3 is 0 Å². The molecule has 24 heavy (non-hydrogen) atoms. The second-order valence-electron chi connectivity index (χ2n) is 6.04. The third kappa shape index (κ3) is 3.03. The van der Waals surface area contributed by atoms with Crippen molar-refractivity contribution >= 4 is 33.2 Å². The van der Waals surface area contributed by atoms with Gasteiger partial charge in [-0.15, -0.1) is 0 Å². The van der Waals surface area contributed by atoms with Crippen LogP contribution in [0.4, 0.5) is 5.69 Å². The van der Waals surface area contributed by atoms with E-state index in [1.54, 1.807) is 24.3 Å². The zero-order valence-corrected chi connectivity index (χ0v) is 15.3. The molecular weight excluding hydrogens is 366 g/mol. The smallest absolute Gasteiger partial charge is 0.196 e. The summed E-state index contributed by atoms with van der Waals surface area (Å²) in [4.78, 5) is 25.8. The van der Waals surface area contributed by atoms with E-state index in [4.69, 9.17) is 0 Å². The number of halogens is 1. The first kappa shape index (κ1) is 16.9. The van der Waals surface area contributed by atoms with Crippen LogP contribution in [-0.2, 0) is 0 Å². The third-order valence-corrected chi connectivity index (χ3v) is 5.03. The lowest BCUT2D eigenvalue weighted by molar-refractivity contribution is 0.0979. The normalized spacial score (nSPS) is 12.8. The van der Waals surface area contributed by atoms with Crippen molar-refractivity contribution < 1.29 is 9.59 Å². The van der Waals surface area contributed by atoms with E-state index in [0.717, 1.165) is 25.1 Å². The summed E-state index contributed by atoms with van der Waals surface area (Å²) in [7, 11) is 0. The van der Waals surface area contributed by atoms with Gasteiger partial charge in [-0.1, -0.05) is 66.4 Å². The Bertz CT molecular complexity index is 798. The Hall–Kier alpha value is -1.94. The number of fused-ring (bicyclic) bond motifs is 2. The first-order chi connectivity index (χ1) is 11.6. The number of carbonyl (C=O) groups excluding carboxylic acids is 2. The molecule has 3 nitrogen and oxygen atoms in total. The Morgan fingerprint density at radius 2 is 1.54 bits per heavy atom. The second-order valence-corrected chi connectivity index (χ2v) is 6.89. The van der Waals surface area contributed by atoms with Gasteiger partial charge in [0.1, 0.15) is 0 Å². The zero-order valence-electron chi connectivity index (χ0n) is 13.7. The predicted octanol–water partition coefficient (Wildman–Crippen LogP) is 5.22. The van der Waals surface area contributed by atoms with Crippen LogP contribution in [-0.4, -0.2) is 18.1 Å². The average Bonchev–Trinajstić information content (AvgIpc) is 2.60. The van der Waals surface area contributed by atoms with Crippen LogP contribution in [0.2, 0.25) is 0 Å². The highest BCUT2D eigenvalue weighted by atomic mass is 79.9. The average molecular weight is 386 g/mol. The lowest BCUT2D eigenvalue weighted by Crippen LogP contribution is -2.23. The minimum absolute atomic E-state index is 0.0856. The minimum atomic E-state index is -0.0956. The molecule has 4 heteroatoms. The molecule has 1 aliphatic carbocycles. The molecule has 0 aromatic heterocycles. The molecule has 0 bridgehead atoms. The Kier molecular flexibility index (Phi) is 5.14. The van der Waals surface area contributed by atoms with Gasteiger partial charge in [-0.3, -0.25) is 9.59 Å². The summed E-state index contributed by atoms with van der Waals surface area (Å²) < 4.78 is 0.668. The molecule has 0 spiro atoms. The molecule has 2 aromatic carbocycles. The minimum Gasteiger partial charge on any atom is -0.384 e. The summed E-state index contributed by atoms with van der Waals surface area (Å²) in [5.41, 5.74) is 2.68. The van der Waals surface area contributed by atoms with Crippen LogP contribution in [0.3, 0.4) is 0 Å². The van der Waals surface area contributed by atoms with E-state index < -0.39 is 0 Å². The van der Waals surface area contributed by atoms with Gasteiger partial charge in [0.2, 0.25) is 0 Å². The standard InChI is InChI=1S/C20H20BrNO2/c1-2-3-4-7-12-22-16-11-10-15(21)17-18(16)20(24)14-9-6-5-8-13(14)19(17)23/h5-6,8-11,22H,2-4,7,12H2,1H3. The highest BCUT2D eigenvalue weighted by Crippen LogP contribution is 2.36. The van der Waals surface area contributed by atoms with Gasteiger partial charge in [0, 0.05) is 33.4 Å². The number of unbranched alkanes of at least 4 members (excludes halogenated alkanes) is 3. The van der Waals surface area contributed by atoms with Crippen LogP contribution in [0.5, 0.6) is 0 Å². The predicted molar refractivity (Wildman–Crippen MR) is 100 cm³/mol. The van der Waals surface area contributed by atoms with Crippen LogP contribution in [0.25, 0.3) is 0 Å². The highest BCUT2D eigenvalue weighted by molar-refractivity contribution is 9.10. The van der Waals surface area contributed by atoms with E-state index in [2.05, 4.69) is 28.2 Å². The van der Waals surface area contributed by atoms with Crippen LogP contribution in [0.1, 0.15) is 64.4 Å². The fourth-order valence-electron chi connectivity index (χ4n) is 3.11. The molecule has 3 rings (SSSR count). The van der Waals surface area contributed by atoms with E-state index in [1.807, 2.05) is 12.1 Å². The van der Waals surface area contributed by atoms with Gasteiger partial charge in [0.15, 0.2) is 11.6 Å². The van der Waals surface area contributed by atoms with Crippen LogP contribution in [0.15, 0.2) is 40.9 Å². The second kappa shape index (κ2) is 7.31. The lowest BCUT2D eigenvalue weighted by atomic mass is 9.83. The molecule has 0 heterocycles. The first-order valence-electron chi connectivity index (χ1n) is 8.40. The number of ketones is 2. The number of benzene rings is 2. The summed E-state index contributed by atoms with van der Waals surface area (Å²) in [6.45, 7) is 2.98. The lowest BCUT2D eigenvalue weighted by Gasteiger charge is -2.22. The van der Waals surface area contributed by atoms with Crippen molar-refractivity contribution in [3.63, 3.8) is 0 Å². The largest absolute Gasteiger partial charge is 0.384 e. The number of carbonyl (C=O) groups is 2. The molecule has 0 unspecified atom stereocenters. The Balaban J connectivity index is 1.95. The molecule has 0 saturated heterocycles. The van der Waals surface area contributed by atoms with Crippen molar-refractivity contribution in [1.29, 1.82) is 0 Å². The molecule has 0 saturated carbocycles. The quantitative estimate of drug-likeness (QED) is 0.591. The topological polar surface area (TPSA) is 46.2 Å². The highest BCUT2D eigenvalue weighted by Gasteiger charge is 2.33. The summed E-state index contributed by atoms with van der Waals surface area (Å²) >= 11 is 3.44. The summed E-state index contributed by atoms with van der Waals surface area (Å²) in [5, 5.41) is 3.35. The number of anilines is 1. The maximum atomic E-state index is 12.9. The van der Waals surface area contributed by atoms with Crippen molar-refractivity contribution in [2.75, 3.05) is 11.9 Å². The molecule has 0 atom stereocenters. The molecule has 0 radical (unpaired) electrons. The van der Waals surface area contributed by atoms with Crippen molar-refractivity contribution in [3.05, 3.63) is 63.1 Å². The summed E-state index contributed by atoms with van der Waals surface area (Å²) in [6.07, 6.45) is 4.62. The Morgan fingerprint density at radius 1 is 0.875 bits per heavy atom. The van der Waals surface area contributed by atoms with E-state index in [9.17, 15) is 9.59 Å². The van der Waals surface area contributed by atoms with E-state index in [-0.39, 0.29) is 11.6 Å². The van der Waals surface area contributed by atoms with Crippen molar-refractivity contribution in [2.24, 2.45) is 0 Å². The maximum Gasteiger partial charge on any atom is 0.196 e. The van der Waals surface area contributed by atoms with Gasteiger partial charge in [-0.2, -0.15) is 0 Å². The first-order valence-corrected chi connectivity index (χ1v) is 9.19. The van der Waals surface area contributed by atoms with Gasteiger partial charge in [0.25, 0.3) is 0 Å². The number of hydrogen-bond acceptors (Lipinski definition) is 3. The molecule has 0 aliphatic heterocycles. The van der Waals surface area contributed by atoms with Gasteiger partial charge in [-0.05, 0) is 18.6 Å². The SMILES string of the molecule is CCCCCCNc1ccc(Br)c2c1C(=O)c1ccccc1C2=O. The van der Waals surface area contributed by atoms with Crippen LogP contribution >= 0.6 is 15.9 Å².